The van der Waals surface area contributed by atoms with Crippen molar-refractivity contribution in [2.45, 2.75) is 109 Å². The molecule has 7 rings (SSSR count). The van der Waals surface area contributed by atoms with E-state index >= 15 is 0 Å². The van der Waals surface area contributed by atoms with E-state index in [0.717, 1.165) is 59.9 Å². The number of allylic oxidation sites excluding steroid dienone is 2. The molecule has 9 nitrogen and oxygen atoms in total. The summed E-state index contributed by atoms with van der Waals surface area (Å²) in [6, 6.07) is 12.7. The van der Waals surface area contributed by atoms with E-state index in [2.05, 4.69) is 59.8 Å². The van der Waals surface area contributed by atoms with Crippen molar-refractivity contribution < 1.29 is 37.3 Å². The Labute approximate surface area is 286 Å². The van der Waals surface area contributed by atoms with Crippen LogP contribution in [-0.4, -0.2) is 42.6 Å². The van der Waals surface area contributed by atoms with E-state index in [4.69, 9.17) is 37.3 Å². The lowest BCUT2D eigenvalue weighted by Gasteiger charge is -2.34. The molecule has 0 saturated carbocycles. The third-order valence-electron chi connectivity index (χ3n) is 9.94. The zero-order valence-corrected chi connectivity index (χ0v) is 29.3. The highest BCUT2D eigenvalue weighted by Gasteiger charge is 2.55. The van der Waals surface area contributed by atoms with Gasteiger partial charge in [0.05, 0.1) is 40.4 Å². The first-order valence-electron chi connectivity index (χ1n) is 17.3. The topological polar surface area (TPSA) is 102 Å². The Hall–Kier alpha value is -4.05. The molecule has 3 atom stereocenters. The second-order valence-electron chi connectivity index (χ2n) is 14.6. The molecule has 0 N–H and O–H groups in total. The van der Waals surface area contributed by atoms with E-state index in [-0.39, 0.29) is 11.7 Å². The average Bonchev–Trinajstić information content (AvgIpc) is 3.31. The number of epoxide rings is 1. The second-order valence-corrected chi connectivity index (χ2v) is 14.6. The first kappa shape index (κ1) is 33.4. The lowest BCUT2D eigenvalue weighted by Crippen LogP contribution is -2.42. The van der Waals surface area contributed by atoms with Crippen LogP contribution in [0.1, 0.15) is 79.2 Å². The van der Waals surface area contributed by atoms with Crippen molar-refractivity contribution >= 4 is 21.9 Å². The Kier molecular flexibility index (Phi) is 8.88. The number of furan rings is 1. The quantitative estimate of drug-likeness (QED) is 0.0831. The predicted octanol–water partition coefficient (Wildman–Crippen LogP) is 8.80. The zero-order valence-electron chi connectivity index (χ0n) is 29.3. The van der Waals surface area contributed by atoms with Crippen LogP contribution < -0.4 is 19.8 Å². The first-order chi connectivity index (χ1) is 23.4. The first-order valence-corrected chi connectivity index (χ1v) is 17.3. The molecule has 49 heavy (non-hydrogen) atoms. The Bertz CT molecular complexity index is 1960. The highest BCUT2D eigenvalue weighted by atomic mass is 16.9. The molecule has 260 valence electrons. The summed E-state index contributed by atoms with van der Waals surface area (Å²) in [6.07, 6.45) is 11.0. The molecule has 2 fully saturated rings. The number of ether oxygens (including phenoxy) is 6. The van der Waals surface area contributed by atoms with E-state index in [1.54, 1.807) is 18.4 Å². The molecule has 2 aromatic heterocycles. The normalized spacial score (nSPS) is 24.3. The monoisotopic (exact) mass is 670 g/mol. The summed E-state index contributed by atoms with van der Waals surface area (Å²) >= 11 is 0. The van der Waals surface area contributed by atoms with Gasteiger partial charge in [0.1, 0.15) is 41.6 Å². The number of hydrogen-bond donors (Lipinski definition) is 0. The summed E-state index contributed by atoms with van der Waals surface area (Å²) in [4.78, 5) is 11.8. The third kappa shape index (κ3) is 7.30. The Morgan fingerprint density at radius 3 is 2.27 bits per heavy atom. The molecular weight excluding hydrogens is 624 g/mol. The van der Waals surface area contributed by atoms with Gasteiger partial charge < -0.3 is 37.3 Å². The summed E-state index contributed by atoms with van der Waals surface area (Å²) in [5.41, 5.74) is 3.69. The maximum absolute atomic E-state index is 11.8. The van der Waals surface area contributed by atoms with Gasteiger partial charge in [-0.15, -0.1) is 0 Å². The van der Waals surface area contributed by atoms with Gasteiger partial charge >= 0.3 is 11.6 Å². The summed E-state index contributed by atoms with van der Waals surface area (Å²) in [5.74, 6) is 0.990. The van der Waals surface area contributed by atoms with E-state index < -0.39 is 17.2 Å². The van der Waals surface area contributed by atoms with Crippen molar-refractivity contribution in [3.8, 4) is 17.2 Å². The smallest absolute Gasteiger partial charge is 0.336 e. The van der Waals surface area contributed by atoms with Crippen LogP contribution in [0, 0.1) is 0 Å². The fourth-order valence-corrected chi connectivity index (χ4v) is 6.82. The minimum Gasteiger partial charge on any atom is -0.489 e. The fraction of sp³-hybridized carbons (Fsp3) is 0.475. The summed E-state index contributed by atoms with van der Waals surface area (Å²) in [7, 11) is 0. The van der Waals surface area contributed by atoms with Crippen LogP contribution in [0.4, 0.5) is 0 Å². The minimum atomic E-state index is -1.13. The standard InChI is InChI=1S/C40H46O9/c1-25(7-12-34-38(3,4)47-34)16-20-42-28-10-9-27-15-19-40(46-31(27)23-28)48-35(39(5,6)49-40)13-8-26(2)17-21-44-37-29-11-14-36(41)45-33(29)24-32-30(37)18-22-43-32/h9-11,14,16-18,22-24,34-35H,7-8,12-13,15,19-21H2,1-6H3/b25-16+,26-17+/t34?,35-,40-/m1/s1. The van der Waals surface area contributed by atoms with Gasteiger partial charge in [-0.2, -0.15) is 0 Å². The highest BCUT2D eigenvalue weighted by molar-refractivity contribution is 6.01. The predicted molar refractivity (Wildman–Crippen MR) is 186 cm³/mol. The van der Waals surface area contributed by atoms with Gasteiger partial charge in [0.2, 0.25) is 0 Å². The van der Waals surface area contributed by atoms with Crippen LogP contribution >= 0.6 is 0 Å². The molecule has 0 bridgehead atoms. The van der Waals surface area contributed by atoms with Crippen LogP contribution in [-0.2, 0) is 20.6 Å². The van der Waals surface area contributed by atoms with Gasteiger partial charge in [0.25, 0.3) is 0 Å². The van der Waals surface area contributed by atoms with Crippen molar-refractivity contribution in [1.82, 2.24) is 0 Å². The molecule has 0 amide bonds. The molecule has 2 saturated heterocycles. The van der Waals surface area contributed by atoms with Gasteiger partial charge in [-0.1, -0.05) is 17.2 Å². The van der Waals surface area contributed by atoms with Crippen molar-refractivity contribution in [2.24, 2.45) is 0 Å². The molecule has 9 heteroatoms. The van der Waals surface area contributed by atoms with Crippen molar-refractivity contribution in [1.29, 1.82) is 0 Å². The summed E-state index contributed by atoms with van der Waals surface area (Å²) < 4.78 is 48.5. The van der Waals surface area contributed by atoms with Gasteiger partial charge in [-0.25, -0.2) is 4.79 Å². The number of hydrogen-bond acceptors (Lipinski definition) is 9. The van der Waals surface area contributed by atoms with Crippen LogP contribution in [0.25, 0.3) is 21.9 Å². The number of rotatable bonds is 12. The van der Waals surface area contributed by atoms with E-state index in [1.807, 2.05) is 18.2 Å². The fourth-order valence-electron chi connectivity index (χ4n) is 6.82. The van der Waals surface area contributed by atoms with Gasteiger partial charge in [-0.05, 0) is 110 Å². The number of fused-ring (bicyclic) bond motifs is 3. The third-order valence-corrected chi connectivity index (χ3v) is 9.94. The zero-order chi connectivity index (χ0) is 34.4. The van der Waals surface area contributed by atoms with Crippen molar-refractivity contribution in [2.75, 3.05) is 13.2 Å². The maximum atomic E-state index is 11.8. The molecular formula is C40H46O9. The van der Waals surface area contributed by atoms with Crippen LogP contribution in [0.3, 0.4) is 0 Å². The van der Waals surface area contributed by atoms with Crippen molar-refractivity contribution in [3.05, 3.63) is 88.0 Å². The van der Waals surface area contributed by atoms with Crippen LogP contribution in [0.15, 0.2) is 85.7 Å². The molecule has 1 spiro atoms. The van der Waals surface area contributed by atoms with Crippen LogP contribution in [0.2, 0.25) is 0 Å². The maximum Gasteiger partial charge on any atom is 0.336 e. The minimum absolute atomic E-state index is 0.0306. The molecule has 1 unspecified atom stereocenters. The van der Waals surface area contributed by atoms with Gasteiger partial charge in [-0.3, -0.25) is 0 Å². The lowest BCUT2D eigenvalue weighted by atomic mass is 9.96. The molecule has 4 aromatic rings. The van der Waals surface area contributed by atoms with Gasteiger partial charge in [0, 0.05) is 24.6 Å². The average molecular weight is 671 g/mol. The molecule has 0 radical (unpaired) electrons. The highest BCUT2D eigenvalue weighted by Crippen LogP contribution is 2.46. The van der Waals surface area contributed by atoms with Crippen molar-refractivity contribution in [3.63, 3.8) is 0 Å². The second kappa shape index (κ2) is 13.0. The summed E-state index contributed by atoms with van der Waals surface area (Å²) in [5, 5.41) is 1.55. The summed E-state index contributed by atoms with van der Waals surface area (Å²) in [6.45, 7) is 13.5. The molecule has 3 aliphatic rings. The number of aryl methyl sites for hydroxylation is 1. The SMILES string of the molecule is C/C(=C\COc1ccc2c(c1)O[C@]1(CC2)O[C@H](CC/C(C)=C/COc2c3ccoc3cc3oc(=O)ccc23)C(C)(C)O1)CCC1OC1(C)C. The molecule has 5 heterocycles. The molecule has 3 aliphatic heterocycles. The van der Waals surface area contributed by atoms with E-state index in [1.165, 1.54) is 17.2 Å². The van der Waals surface area contributed by atoms with Gasteiger partial charge in [0.15, 0.2) is 0 Å². The van der Waals surface area contributed by atoms with E-state index in [0.29, 0.717) is 42.7 Å². The Balaban J connectivity index is 0.935. The largest absolute Gasteiger partial charge is 0.489 e. The molecule has 0 aliphatic carbocycles. The molecule has 2 aromatic carbocycles. The number of benzene rings is 2. The lowest BCUT2D eigenvalue weighted by molar-refractivity contribution is -0.312. The van der Waals surface area contributed by atoms with E-state index in [9.17, 15) is 4.79 Å². The van der Waals surface area contributed by atoms with Crippen LogP contribution in [0.5, 0.6) is 17.2 Å². The Morgan fingerprint density at radius 2 is 1.53 bits per heavy atom. The Morgan fingerprint density at radius 1 is 0.837 bits per heavy atom.